The molecule has 1 aliphatic heterocycles. The second kappa shape index (κ2) is 8.06. The molecule has 0 radical (unpaired) electrons. The minimum absolute atomic E-state index is 0.117. The first-order chi connectivity index (χ1) is 13.1. The van der Waals surface area contributed by atoms with Crippen LogP contribution >= 0.6 is 38.6 Å². The van der Waals surface area contributed by atoms with E-state index < -0.39 is 16.1 Å². The van der Waals surface area contributed by atoms with Gasteiger partial charge in [0.05, 0.1) is 14.4 Å². The molecule has 9 nitrogen and oxygen atoms in total. The number of piperazine rings is 1. The largest absolute Gasteiger partial charge is 0.465 e. The molecule has 1 fully saturated rings. The van der Waals surface area contributed by atoms with Crippen molar-refractivity contribution in [2.45, 2.75) is 18.1 Å². The lowest BCUT2D eigenvalue weighted by molar-refractivity contribution is -0.114. The van der Waals surface area contributed by atoms with E-state index in [2.05, 4.69) is 26.2 Å². The molecule has 2 amide bonds. The smallest absolute Gasteiger partial charge is 0.407 e. The molecule has 3 rings (SSSR count). The maximum absolute atomic E-state index is 13.0. The van der Waals surface area contributed by atoms with Gasteiger partial charge >= 0.3 is 6.09 Å². The van der Waals surface area contributed by atoms with E-state index in [9.17, 15) is 18.0 Å². The number of rotatable bonds is 4. The number of anilines is 1. The van der Waals surface area contributed by atoms with Crippen LogP contribution in [0.3, 0.4) is 0 Å². The fourth-order valence-electron chi connectivity index (χ4n) is 2.73. The van der Waals surface area contributed by atoms with Gasteiger partial charge in [-0.15, -0.1) is 11.3 Å². The van der Waals surface area contributed by atoms with Gasteiger partial charge in [-0.2, -0.15) is 4.31 Å². The molecule has 0 saturated carbocycles. The number of hydrogen-bond acceptors (Lipinski definition) is 7. The average Bonchev–Trinajstić information content (AvgIpc) is 3.17. The Bertz CT molecular complexity index is 1020. The molecule has 1 aliphatic rings. The maximum Gasteiger partial charge on any atom is 0.407 e. The Morgan fingerprint density at radius 2 is 1.89 bits per heavy atom. The zero-order chi connectivity index (χ0) is 20.6. The third kappa shape index (κ3) is 4.22. The number of nitrogens with one attached hydrogen (secondary N) is 1. The van der Waals surface area contributed by atoms with Gasteiger partial charge in [0.1, 0.15) is 4.21 Å². The molecule has 0 aliphatic carbocycles. The van der Waals surface area contributed by atoms with E-state index in [1.807, 2.05) is 0 Å². The number of carbonyl (C=O) groups excluding carboxylic acids is 1. The van der Waals surface area contributed by atoms with Crippen LogP contribution < -0.4 is 5.32 Å². The lowest BCUT2D eigenvalue weighted by atomic mass is 10.2. The Balaban J connectivity index is 1.87. The van der Waals surface area contributed by atoms with E-state index >= 15 is 0 Å². The van der Waals surface area contributed by atoms with Crippen molar-refractivity contribution in [1.29, 1.82) is 0 Å². The zero-order valence-corrected chi connectivity index (χ0v) is 19.0. The molecule has 1 saturated heterocycles. The van der Waals surface area contributed by atoms with E-state index in [1.54, 1.807) is 13.0 Å². The number of nitrogens with zero attached hydrogens (tertiary/aromatic N) is 3. The molecule has 2 aromatic heterocycles. The van der Waals surface area contributed by atoms with Crippen LogP contribution in [-0.4, -0.2) is 65.9 Å². The van der Waals surface area contributed by atoms with Gasteiger partial charge in [0.15, 0.2) is 5.13 Å². The SMILES string of the molecule is CC(=O)Nc1nc(C)c(-c2cc(S(=O)(=O)N3CCN(C(=O)O)CC3)sc2Br)s1. The second-order valence-electron chi connectivity index (χ2n) is 6.04. The summed E-state index contributed by atoms with van der Waals surface area (Å²) in [7, 11) is -3.73. The predicted octanol–water partition coefficient (Wildman–Crippen LogP) is 2.89. The summed E-state index contributed by atoms with van der Waals surface area (Å²) in [5.41, 5.74) is 1.38. The second-order valence-corrected chi connectivity index (χ2v) is 11.6. The van der Waals surface area contributed by atoms with Crippen molar-refractivity contribution in [3.8, 4) is 10.4 Å². The fraction of sp³-hybridized carbons (Fsp3) is 0.400. The van der Waals surface area contributed by atoms with Crippen molar-refractivity contribution >= 4 is 65.8 Å². The monoisotopic (exact) mass is 508 g/mol. The number of hydrogen-bond donors (Lipinski definition) is 2. The number of carbonyl (C=O) groups is 2. The normalized spacial score (nSPS) is 15.6. The lowest BCUT2D eigenvalue weighted by Gasteiger charge is -2.31. The molecular weight excluding hydrogens is 492 g/mol. The molecule has 2 N–H and O–H groups in total. The first-order valence-electron chi connectivity index (χ1n) is 8.12. The van der Waals surface area contributed by atoms with Crippen molar-refractivity contribution in [3.63, 3.8) is 0 Å². The Hall–Kier alpha value is -1.54. The molecule has 2 aromatic rings. The molecule has 0 aromatic carbocycles. The van der Waals surface area contributed by atoms with Crippen LogP contribution in [0.5, 0.6) is 0 Å². The van der Waals surface area contributed by atoms with Crippen molar-refractivity contribution in [2.75, 3.05) is 31.5 Å². The highest BCUT2D eigenvalue weighted by Crippen LogP contribution is 2.43. The summed E-state index contributed by atoms with van der Waals surface area (Å²) in [4.78, 5) is 28.5. The van der Waals surface area contributed by atoms with Crippen LogP contribution in [0.4, 0.5) is 9.93 Å². The molecule has 0 unspecified atom stereocenters. The minimum Gasteiger partial charge on any atom is -0.465 e. The molecule has 3 heterocycles. The standard InChI is InChI=1S/C15H17BrN4O5S3/c1-8-12(27-14(17-8)18-9(2)21)10-7-11(26-13(10)16)28(24,25)20-5-3-19(4-6-20)15(22)23/h7H,3-6H2,1-2H3,(H,22,23)(H,17,18,21). The molecule has 13 heteroatoms. The lowest BCUT2D eigenvalue weighted by Crippen LogP contribution is -2.50. The highest BCUT2D eigenvalue weighted by Gasteiger charge is 2.32. The van der Waals surface area contributed by atoms with Gasteiger partial charge in [0.2, 0.25) is 5.91 Å². The van der Waals surface area contributed by atoms with Gasteiger partial charge in [0, 0.05) is 38.7 Å². The van der Waals surface area contributed by atoms with Crippen molar-refractivity contribution in [3.05, 3.63) is 15.5 Å². The van der Waals surface area contributed by atoms with Gasteiger partial charge in [0.25, 0.3) is 10.0 Å². The number of thiazole rings is 1. The summed E-state index contributed by atoms with van der Waals surface area (Å²) in [5, 5.41) is 12.1. The number of halogens is 1. The van der Waals surface area contributed by atoms with Crippen molar-refractivity contribution in [1.82, 2.24) is 14.2 Å². The van der Waals surface area contributed by atoms with Gasteiger partial charge < -0.3 is 15.3 Å². The summed E-state index contributed by atoms with van der Waals surface area (Å²) in [6, 6.07) is 1.59. The number of aryl methyl sites for hydroxylation is 1. The number of carboxylic acid groups (broad SMARTS) is 1. The minimum atomic E-state index is -3.73. The zero-order valence-electron chi connectivity index (χ0n) is 14.9. The summed E-state index contributed by atoms with van der Waals surface area (Å²) < 4.78 is 28.1. The Morgan fingerprint density at radius 1 is 1.25 bits per heavy atom. The van der Waals surface area contributed by atoms with Gasteiger partial charge in [-0.1, -0.05) is 11.3 Å². The quantitative estimate of drug-likeness (QED) is 0.654. The number of amides is 2. The molecule has 0 atom stereocenters. The fourth-order valence-corrected chi connectivity index (χ4v) is 7.89. The Morgan fingerprint density at radius 3 is 2.46 bits per heavy atom. The van der Waals surface area contributed by atoms with Gasteiger partial charge in [-0.25, -0.2) is 18.2 Å². The van der Waals surface area contributed by atoms with Crippen LogP contribution in [0, 0.1) is 6.92 Å². The van der Waals surface area contributed by atoms with E-state index in [4.69, 9.17) is 5.11 Å². The van der Waals surface area contributed by atoms with Crippen LogP contribution in [0.15, 0.2) is 14.1 Å². The van der Waals surface area contributed by atoms with Crippen LogP contribution in [-0.2, 0) is 14.8 Å². The highest BCUT2D eigenvalue weighted by atomic mass is 79.9. The molecule has 0 bridgehead atoms. The molecule has 28 heavy (non-hydrogen) atoms. The van der Waals surface area contributed by atoms with E-state index in [-0.39, 0.29) is 36.3 Å². The number of sulfonamides is 1. The van der Waals surface area contributed by atoms with Crippen molar-refractivity contribution < 1.29 is 23.1 Å². The molecular formula is C15H17BrN4O5S3. The Labute approximate surface area is 178 Å². The average molecular weight is 509 g/mol. The van der Waals surface area contributed by atoms with Crippen molar-refractivity contribution in [2.24, 2.45) is 0 Å². The molecule has 152 valence electrons. The van der Waals surface area contributed by atoms with Crippen LogP contribution in [0.2, 0.25) is 0 Å². The summed E-state index contributed by atoms with van der Waals surface area (Å²) in [5.74, 6) is -0.228. The van der Waals surface area contributed by atoms with E-state index in [0.29, 0.717) is 20.2 Å². The topological polar surface area (TPSA) is 120 Å². The number of aromatic nitrogens is 1. The summed E-state index contributed by atoms with van der Waals surface area (Å²) in [6.07, 6.45) is -1.05. The first kappa shape index (κ1) is 21.2. The van der Waals surface area contributed by atoms with Gasteiger partial charge in [-0.3, -0.25) is 4.79 Å². The first-order valence-corrected chi connectivity index (χ1v) is 12.0. The maximum atomic E-state index is 13.0. The Kier molecular flexibility index (Phi) is 6.10. The summed E-state index contributed by atoms with van der Waals surface area (Å²) in [6.45, 7) is 3.70. The third-order valence-corrected chi connectivity index (χ3v) is 9.38. The summed E-state index contributed by atoms with van der Waals surface area (Å²) >= 11 is 5.80. The van der Waals surface area contributed by atoms with E-state index in [1.165, 1.54) is 27.5 Å². The van der Waals surface area contributed by atoms with Crippen LogP contribution in [0.1, 0.15) is 12.6 Å². The highest BCUT2D eigenvalue weighted by molar-refractivity contribution is 9.11. The third-order valence-electron chi connectivity index (χ3n) is 4.09. The van der Waals surface area contributed by atoms with Gasteiger partial charge in [-0.05, 0) is 28.9 Å². The van der Waals surface area contributed by atoms with Crippen LogP contribution in [0.25, 0.3) is 10.4 Å². The number of thiophene rings is 1. The van der Waals surface area contributed by atoms with E-state index in [0.717, 1.165) is 16.2 Å². The predicted molar refractivity (Wildman–Crippen MR) is 111 cm³/mol. The molecule has 0 spiro atoms.